The summed E-state index contributed by atoms with van der Waals surface area (Å²) >= 11 is 25.4. The highest BCUT2D eigenvalue weighted by Crippen LogP contribution is 2.30. The summed E-state index contributed by atoms with van der Waals surface area (Å²) in [6, 6.07) is 9.05. The van der Waals surface area contributed by atoms with Crippen LogP contribution in [0.3, 0.4) is 0 Å². The van der Waals surface area contributed by atoms with Crippen LogP contribution < -0.4 is 5.32 Å². The van der Waals surface area contributed by atoms with Crippen molar-refractivity contribution in [2.75, 3.05) is 5.32 Å². The van der Waals surface area contributed by atoms with E-state index in [1.54, 1.807) is 22.9 Å². The molecule has 3 heterocycles. The van der Waals surface area contributed by atoms with Gasteiger partial charge in [-0.3, -0.25) is 4.57 Å². The predicted molar refractivity (Wildman–Crippen MR) is 112 cm³/mol. The molecule has 0 spiro atoms. The van der Waals surface area contributed by atoms with Crippen LogP contribution in [0, 0.1) is 0 Å². The Balaban J connectivity index is 1.54. The van der Waals surface area contributed by atoms with Gasteiger partial charge in [-0.1, -0.05) is 46.4 Å². The number of halogens is 4. The Morgan fingerprint density at radius 1 is 0.963 bits per heavy atom. The van der Waals surface area contributed by atoms with E-state index < -0.39 is 0 Å². The highest BCUT2D eigenvalue weighted by Gasteiger charge is 2.10. The quantitative estimate of drug-likeness (QED) is 0.369. The Morgan fingerprint density at radius 2 is 1.81 bits per heavy atom. The van der Waals surface area contributed by atoms with Crippen LogP contribution in [-0.2, 0) is 0 Å². The number of nitrogens with one attached hydrogen (secondary N) is 1. The fourth-order valence-corrected chi connectivity index (χ4v) is 3.66. The summed E-state index contributed by atoms with van der Waals surface area (Å²) < 4.78 is 1.60. The minimum atomic E-state index is 0.236. The molecule has 0 aliphatic heterocycles. The molecule has 4 rings (SSSR count). The van der Waals surface area contributed by atoms with E-state index in [4.69, 9.17) is 46.4 Å². The molecule has 1 N–H and O–H groups in total. The number of hydrogen-bond donors (Lipinski definition) is 1. The third-order valence-electron chi connectivity index (χ3n) is 3.63. The molecule has 0 aliphatic carbocycles. The first kappa shape index (κ1) is 18.5. The number of rotatable bonds is 4. The van der Waals surface area contributed by atoms with Crippen LogP contribution in [0.2, 0.25) is 20.4 Å². The van der Waals surface area contributed by atoms with Gasteiger partial charge in [0.25, 0.3) is 0 Å². The number of anilines is 2. The SMILES string of the molecule is Clc1ccc(Nc2nc(-c3ccc(-n4cnc(Cl)c4Cl)nc3)cs2)cc1Cl. The van der Waals surface area contributed by atoms with Gasteiger partial charge in [-0.15, -0.1) is 11.3 Å². The van der Waals surface area contributed by atoms with Crippen LogP contribution in [0.15, 0.2) is 48.2 Å². The average molecular weight is 457 g/mol. The molecule has 1 aromatic carbocycles. The standard InChI is InChI=1S/C17H9Cl4N5S/c18-11-3-2-10(5-12(11)19)24-17-25-13(7-27-17)9-1-4-14(22-6-9)26-8-23-15(20)16(26)21/h1-8H,(H,24,25). The number of benzene rings is 1. The molecule has 0 saturated carbocycles. The summed E-state index contributed by atoms with van der Waals surface area (Å²) in [5, 5.41) is 7.43. The minimum absolute atomic E-state index is 0.236. The fraction of sp³-hybridized carbons (Fsp3) is 0. The summed E-state index contributed by atoms with van der Waals surface area (Å²) in [4.78, 5) is 12.9. The maximum atomic E-state index is 6.09. The van der Waals surface area contributed by atoms with Crippen molar-refractivity contribution in [3.63, 3.8) is 0 Å². The van der Waals surface area contributed by atoms with Crippen LogP contribution in [0.4, 0.5) is 10.8 Å². The zero-order valence-corrected chi connectivity index (χ0v) is 17.2. The van der Waals surface area contributed by atoms with E-state index in [0.29, 0.717) is 21.0 Å². The van der Waals surface area contributed by atoms with Gasteiger partial charge in [-0.2, -0.15) is 0 Å². The number of hydrogen-bond acceptors (Lipinski definition) is 5. The lowest BCUT2D eigenvalue weighted by atomic mass is 10.2. The van der Waals surface area contributed by atoms with Gasteiger partial charge in [0.2, 0.25) is 0 Å². The first-order valence-corrected chi connectivity index (χ1v) is 9.93. The van der Waals surface area contributed by atoms with Crippen molar-refractivity contribution in [2.24, 2.45) is 0 Å². The smallest absolute Gasteiger partial charge is 0.187 e. The Kier molecular flexibility index (Phi) is 5.25. The van der Waals surface area contributed by atoms with Crippen molar-refractivity contribution < 1.29 is 0 Å². The van der Waals surface area contributed by atoms with E-state index in [1.165, 1.54) is 17.7 Å². The van der Waals surface area contributed by atoms with Crippen molar-refractivity contribution in [3.05, 3.63) is 68.6 Å². The van der Waals surface area contributed by atoms with Gasteiger partial charge in [-0.25, -0.2) is 15.0 Å². The number of nitrogens with zero attached hydrogens (tertiary/aromatic N) is 4. The Morgan fingerprint density at radius 3 is 2.48 bits per heavy atom. The van der Waals surface area contributed by atoms with Crippen LogP contribution in [0.25, 0.3) is 17.1 Å². The molecule has 0 saturated heterocycles. The van der Waals surface area contributed by atoms with E-state index in [-0.39, 0.29) is 5.15 Å². The number of pyridine rings is 1. The molecule has 10 heteroatoms. The molecule has 0 radical (unpaired) electrons. The van der Waals surface area contributed by atoms with E-state index in [2.05, 4.69) is 20.3 Å². The number of aromatic nitrogens is 4. The van der Waals surface area contributed by atoms with Crippen molar-refractivity contribution >= 4 is 68.6 Å². The molecule has 3 aromatic heterocycles. The molecule has 0 fully saturated rings. The van der Waals surface area contributed by atoms with Gasteiger partial charge in [-0.05, 0) is 30.3 Å². The molecule has 27 heavy (non-hydrogen) atoms. The van der Waals surface area contributed by atoms with E-state index in [0.717, 1.165) is 22.1 Å². The van der Waals surface area contributed by atoms with Crippen LogP contribution in [-0.4, -0.2) is 19.5 Å². The summed E-state index contributed by atoms with van der Waals surface area (Å²) in [6.07, 6.45) is 3.24. The summed E-state index contributed by atoms with van der Waals surface area (Å²) in [7, 11) is 0. The molecule has 0 bridgehead atoms. The zero-order valence-electron chi connectivity index (χ0n) is 13.3. The lowest BCUT2D eigenvalue weighted by molar-refractivity contribution is 0.994. The van der Waals surface area contributed by atoms with Gasteiger partial charge in [0.15, 0.2) is 15.4 Å². The molecule has 4 aromatic rings. The Labute approximate surface area is 178 Å². The lowest BCUT2D eigenvalue weighted by Gasteiger charge is -2.04. The van der Waals surface area contributed by atoms with Gasteiger partial charge in [0.1, 0.15) is 12.1 Å². The molecule has 5 nitrogen and oxygen atoms in total. The van der Waals surface area contributed by atoms with Crippen molar-refractivity contribution in [1.82, 2.24) is 19.5 Å². The predicted octanol–water partition coefficient (Wildman–Crippen LogP) is 6.75. The summed E-state index contributed by atoms with van der Waals surface area (Å²) in [5.74, 6) is 0.618. The summed E-state index contributed by atoms with van der Waals surface area (Å²) in [6.45, 7) is 0. The lowest BCUT2D eigenvalue weighted by Crippen LogP contribution is -1.95. The zero-order chi connectivity index (χ0) is 19.0. The first-order valence-electron chi connectivity index (χ1n) is 7.54. The second kappa shape index (κ2) is 7.66. The molecule has 0 aliphatic rings. The topological polar surface area (TPSA) is 55.6 Å². The van der Waals surface area contributed by atoms with Crippen molar-refractivity contribution in [2.45, 2.75) is 0 Å². The first-order chi connectivity index (χ1) is 13.0. The second-order valence-corrected chi connectivity index (χ2v) is 7.78. The monoisotopic (exact) mass is 455 g/mol. The fourth-order valence-electron chi connectivity index (χ4n) is 2.31. The molecular formula is C17H9Cl4N5S. The van der Waals surface area contributed by atoms with E-state index >= 15 is 0 Å². The largest absolute Gasteiger partial charge is 0.331 e. The molecule has 0 unspecified atom stereocenters. The second-order valence-electron chi connectivity index (χ2n) is 5.39. The van der Waals surface area contributed by atoms with E-state index in [1.807, 2.05) is 23.6 Å². The third kappa shape index (κ3) is 3.90. The molecule has 0 amide bonds. The highest BCUT2D eigenvalue weighted by molar-refractivity contribution is 7.14. The molecule has 0 atom stereocenters. The van der Waals surface area contributed by atoms with Crippen LogP contribution >= 0.6 is 57.7 Å². The van der Waals surface area contributed by atoms with Gasteiger partial charge >= 0.3 is 0 Å². The normalized spacial score (nSPS) is 11.0. The molecular weight excluding hydrogens is 448 g/mol. The van der Waals surface area contributed by atoms with Crippen LogP contribution in [0.1, 0.15) is 0 Å². The van der Waals surface area contributed by atoms with Crippen LogP contribution in [0.5, 0.6) is 0 Å². The maximum absolute atomic E-state index is 6.09. The third-order valence-corrected chi connectivity index (χ3v) is 5.86. The van der Waals surface area contributed by atoms with Gasteiger partial charge in [0, 0.05) is 22.8 Å². The van der Waals surface area contributed by atoms with Gasteiger partial charge in [0.05, 0.1) is 15.7 Å². The van der Waals surface area contributed by atoms with E-state index in [9.17, 15) is 0 Å². The minimum Gasteiger partial charge on any atom is -0.331 e. The molecule has 136 valence electrons. The number of thiazole rings is 1. The highest BCUT2D eigenvalue weighted by atomic mass is 35.5. The Bertz CT molecular complexity index is 1110. The summed E-state index contributed by atoms with van der Waals surface area (Å²) in [5.41, 5.74) is 2.49. The van der Waals surface area contributed by atoms with Gasteiger partial charge < -0.3 is 5.32 Å². The number of imidazole rings is 1. The van der Waals surface area contributed by atoms with Crippen molar-refractivity contribution in [1.29, 1.82) is 0 Å². The maximum Gasteiger partial charge on any atom is 0.187 e. The Hall–Kier alpha value is -1.83. The average Bonchev–Trinajstić information content (AvgIpc) is 3.26. The van der Waals surface area contributed by atoms with Crippen molar-refractivity contribution in [3.8, 4) is 17.1 Å².